The lowest BCUT2D eigenvalue weighted by Crippen LogP contribution is -2.29. The maximum atomic E-state index is 13.6. The number of carbonyl (C=O) groups is 1. The van der Waals surface area contributed by atoms with Crippen LogP contribution < -0.4 is 15.1 Å². The van der Waals surface area contributed by atoms with Crippen LogP contribution in [0, 0.1) is 6.92 Å². The summed E-state index contributed by atoms with van der Waals surface area (Å²) in [6.45, 7) is 4.53. The summed E-state index contributed by atoms with van der Waals surface area (Å²) in [6.07, 6.45) is 0.876. The summed E-state index contributed by atoms with van der Waals surface area (Å²) in [6, 6.07) is 12.1. The number of benzene rings is 2. The molecule has 156 valence electrons. The average molecular weight is 433 g/mol. The van der Waals surface area contributed by atoms with Crippen LogP contribution in [0.15, 0.2) is 57.2 Å². The Kier molecular flexibility index (Phi) is 4.78. The fraction of sp³-hybridized carbons (Fsp3) is 0.217. The van der Waals surface area contributed by atoms with Crippen LogP contribution in [0.4, 0.5) is 5.13 Å². The van der Waals surface area contributed by atoms with Gasteiger partial charge in [0.2, 0.25) is 10.9 Å². The topological polar surface area (TPSA) is 85.5 Å². The van der Waals surface area contributed by atoms with Crippen molar-refractivity contribution in [2.24, 2.45) is 0 Å². The van der Waals surface area contributed by atoms with Gasteiger partial charge in [0.05, 0.1) is 23.6 Å². The van der Waals surface area contributed by atoms with E-state index in [9.17, 15) is 9.59 Å². The molecule has 31 heavy (non-hydrogen) atoms. The lowest BCUT2D eigenvalue weighted by molar-refractivity contribution is 0.0970. The van der Waals surface area contributed by atoms with Gasteiger partial charge < -0.3 is 9.15 Å². The van der Waals surface area contributed by atoms with E-state index in [-0.39, 0.29) is 11.2 Å². The van der Waals surface area contributed by atoms with E-state index in [0.29, 0.717) is 34.0 Å². The van der Waals surface area contributed by atoms with Gasteiger partial charge in [-0.2, -0.15) is 0 Å². The fourth-order valence-electron chi connectivity index (χ4n) is 3.87. The minimum Gasteiger partial charge on any atom is -0.494 e. The molecule has 0 saturated heterocycles. The molecule has 1 amide bonds. The number of carbonyl (C=O) groups excluding carboxylic acids is 1. The summed E-state index contributed by atoms with van der Waals surface area (Å²) in [4.78, 5) is 28.5. The Labute approximate surface area is 181 Å². The monoisotopic (exact) mass is 433 g/mol. The Balaban J connectivity index is 1.75. The number of fused-ring (bicyclic) bond motifs is 2. The molecule has 5 rings (SSSR count). The molecule has 0 spiro atoms. The number of rotatable bonds is 5. The average Bonchev–Trinajstić information content (AvgIpc) is 3.40. The highest BCUT2D eigenvalue weighted by atomic mass is 32.1. The molecule has 1 atom stereocenters. The Hall–Kier alpha value is -3.52. The van der Waals surface area contributed by atoms with Crippen molar-refractivity contribution in [3.63, 3.8) is 0 Å². The minimum absolute atomic E-state index is 0.0430. The SMILES string of the molecule is CCCOc1cccc([C@@H]2c3c(oc4ccc(C)cc4c3=O)C(=O)N2c2nncs2)c1. The summed E-state index contributed by atoms with van der Waals surface area (Å²) in [5.74, 6) is 0.316. The predicted octanol–water partition coefficient (Wildman–Crippen LogP) is 4.49. The molecule has 0 radical (unpaired) electrons. The van der Waals surface area contributed by atoms with E-state index >= 15 is 0 Å². The number of aryl methyl sites for hydroxylation is 1. The molecule has 1 aliphatic heterocycles. The molecular weight excluding hydrogens is 414 g/mol. The van der Waals surface area contributed by atoms with Crippen LogP contribution in [0.2, 0.25) is 0 Å². The van der Waals surface area contributed by atoms with Gasteiger partial charge in [0.15, 0.2) is 5.43 Å². The molecule has 8 heteroatoms. The van der Waals surface area contributed by atoms with E-state index in [0.717, 1.165) is 17.5 Å². The number of ether oxygens (including phenoxy) is 1. The largest absolute Gasteiger partial charge is 0.494 e. The zero-order valence-electron chi connectivity index (χ0n) is 17.0. The third-order valence-corrected chi connectivity index (χ3v) is 5.92. The first kappa shape index (κ1) is 19.4. The van der Waals surface area contributed by atoms with E-state index in [1.807, 2.05) is 44.2 Å². The van der Waals surface area contributed by atoms with Crippen LogP contribution in [-0.2, 0) is 0 Å². The van der Waals surface area contributed by atoms with E-state index in [1.54, 1.807) is 17.6 Å². The van der Waals surface area contributed by atoms with Crippen LogP contribution in [0.5, 0.6) is 5.75 Å². The molecule has 0 N–H and O–H groups in total. The van der Waals surface area contributed by atoms with Crippen LogP contribution in [0.1, 0.15) is 46.6 Å². The van der Waals surface area contributed by atoms with Crippen molar-refractivity contribution < 1.29 is 13.9 Å². The van der Waals surface area contributed by atoms with Crippen molar-refractivity contribution in [3.05, 3.63) is 80.6 Å². The third-order valence-electron chi connectivity index (χ3n) is 5.23. The number of amides is 1. The van der Waals surface area contributed by atoms with Crippen molar-refractivity contribution in [2.45, 2.75) is 26.3 Å². The summed E-state index contributed by atoms with van der Waals surface area (Å²) in [7, 11) is 0. The molecule has 4 aromatic rings. The van der Waals surface area contributed by atoms with Gasteiger partial charge in [0.1, 0.15) is 16.8 Å². The summed E-state index contributed by atoms with van der Waals surface area (Å²) in [5, 5.41) is 8.83. The molecule has 0 bridgehead atoms. The third kappa shape index (κ3) is 3.19. The van der Waals surface area contributed by atoms with Crippen LogP contribution >= 0.6 is 11.3 Å². The Morgan fingerprint density at radius 2 is 2.06 bits per heavy atom. The van der Waals surface area contributed by atoms with E-state index in [4.69, 9.17) is 9.15 Å². The quantitative estimate of drug-likeness (QED) is 0.461. The second kappa shape index (κ2) is 7.63. The molecule has 0 unspecified atom stereocenters. The molecule has 0 aliphatic carbocycles. The minimum atomic E-state index is -0.679. The smallest absolute Gasteiger partial charge is 0.297 e. The lowest BCUT2D eigenvalue weighted by atomic mass is 9.98. The maximum absolute atomic E-state index is 13.6. The van der Waals surface area contributed by atoms with Crippen LogP contribution in [0.25, 0.3) is 11.0 Å². The van der Waals surface area contributed by atoms with Gasteiger partial charge in [-0.25, -0.2) is 0 Å². The van der Waals surface area contributed by atoms with Gasteiger partial charge in [-0.1, -0.05) is 42.0 Å². The lowest BCUT2D eigenvalue weighted by Gasteiger charge is -2.22. The van der Waals surface area contributed by atoms with Crippen LogP contribution in [-0.4, -0.2) is 22.7 Å². The van der Waals surface area contributed by atoms with Crippen molar-refractivity contribution in [3.8, 4) is 5.75 Å². The van der Waals surface area contributed by atoms with Gasteiger partial charge in [0.25, 0.3) is 5.91 Å². The van der Waals surface area contributed by atoms with Gasteiger partial charge in [-0.15, -0.1) is 10.2 Å². The number of nitrogens with zero attached hydrogens (tertiary/aromatic N) is 3. The number of hydrogen-bond donors (Lipinski definition) is 0. The second-order valence-electron chi connectivity index (χ2n) is 7.39. The normalized spacial score (nSPS) is 15.5. The van der Waals surface area contributed by atoms with Crippen molar-refractivity contribution in [1.29, 1.82) is 0 Å². The first-order chi connectivity index (χ1) is 15.1. The molecule has 1 aliphatic rings. The molecule has 2 aromatic heterocycles. The number of hydrogen-bond acceptors (Lipinski definition) is 7. The summed E-state index contributed by atoms with van der Waals surface area (Å²) >= 11 is 1.23. The zero-order valence-corrected chi connectivity index (χ0v) is 17.8. The fourth-order valence-corrected chi connectivity index (χ4v) is 4.45. The maximum Gasteiger partial charge on any atom is 0.297 e. The molecular formula is C23H19N3O4S. The Bertz CT molecular complexity index is 1350. The van der Waals surface area contributed by atoms with E-state index in [2.05, 4.69) is 10.2 Å². The number of anilines is 1. The van der Waals surface area contributed by atoms with Gasteiger partial charge >= 0.3 is 0 Å². The van der Waals surface area contributed by atoms with Crippen molar-refractivity contribution >= 4 is 33.3 Å². The summed E-state index contributed by atoms with van der Waals surface area (Å²) in [5.41, 5.74) is 3.72. The Morgan fingerprint density at radius 1 is 1.19 bits per heavy atom. The first-order valence-electron chi connectivity index (χ1n) is 9.98. The van der Waals surface area contributed by atoms with E-state index < -0.39 is 11.9 Å². The molecule has 0 fully saturated rings. The van der Waals surface area contributed by atoms with Gasteiger partial charge in [0, 0.05) is 0 Å². The predicted molar refractivity (Wildman–Crippen MR) is 118 cm³/mol. The molecule has 7 nitrogen and oxygen atoms in total. The van der Waals surface area contributed by atoms with Crippen molar-refractivity contribution in [2.75, 3.05) is 11.5 Å². The highest BCUT2D eigenvalue weighted by Crippen LogP contribution is 2.42. The number of aromatic nitrogens is 2. The van der Waals surface area contributed by atoms with Gasteiger partial charge in [-0.05, 0) is 43.2 Å². The molecule has 2 aromatic carbocycles. The highest BCUT2D eigenvalue weighted by Gasteiger charge is 2.45. The van der Waals surface area contributed by atoms with E-state index in [1.165, 1.54) is 16.2 Å². The standard InChI is InChI=1S/C23H19N3O4S/c1-3-9-29-15-6-4-5-14(11-15)19-18-20(27)16-10-13(2)7-8-17(16)30-21(18)22(28)26(19)23-25-24-12-31-23/h4-8,10-12,19H,3,9H2,1-2H3/t19-/m1/s1. The summed E-state index contributed by atoms with van der Waals surface area (Å²) < 4.78 is 11.7. The molecule has 0 saturated carbocycles. The highest BCUT2D eigenvalue weighted by molar-refractivity contribution is 7.13. The Morgan fingerprint density at radius 3 is 2.84 bits per heavy atom. The van der Waals surface area contributed by atoms with Crippen LogP contribution in [0.3, 0.4) is 0 Å². The first-order valence-corrected chi connectivity index (χ1v) is 10.9. The second-order valence-corrected chi connectivity index (χ2v) is 8.21. The van der Waals surface area contributed by atoms with Gasteiger partial charge in [-0.3, -0.25) is 14.5 Å². The molecule has 3 heterocycles. The van der Waals surface area contributed by atoms with Crippen molar-refractivity contribution in [1.82, 2.24) is 10.2 Å². The zero-order chi connectivity index (χ0) is 21.5.